The van der Waals surface area contributed by atoms with Crippen molar-refractivity contribution in [1.82, 2.24) is 15.1 Å². The van der Waals surface area contributed by atoms with Gasteiger partial charge in [0.25, 0.3) is 5.91 Å². The third-order valence-corrected chi connectivity index (χ3v) is 13.7. The van der Waals surface area contributed by atoms with Crippen LogP contribution in [-0.2, 0) is 16.8 Å². The number of alkyl halides is 2. The Kier molecular flexibility index (Phi) is 16.7. The fourth-order valence-corrected chi connectivity index (χ4v) is 9.88. The number of aromatic hydroxyl groups is 2. The summed E-state index contributed by atoms with van der Waals surface area (Å²) < 4.78 is 7.64. The largest absolute Gasteiger partial charge is 0.508 e. The third kappa shape index (κ3) is 11.8. The van der Waals surface area contributed by atoms with Gasteiger partial charge in [-0.2, -0.15) is 4.57 Å². The van der Waals surface area contributed by atoms with Crippen molar-refractivity contribution in [1.29, 1.82) is 0 Å². The average Bonchev–Trinajstić information content (AvgIpc) is 3.68. The van der Waals surface area contributed by atoms with Crippen LogP contribution in [0.5, 0.6) is 17.2 Å². The molecule has 9 rings (SSSR count). The number of nitrogens with one attached hydrogen (secondary N) is 1. The van der Waals surface area contributed by atoms with Crippen molar-refractivity contribution in [3.63, 3.8) is 0 Å². The number of hydrogen-bond donors (Lipinski definition) is 5. The maximum atomic E-state index is 12.8. The van der Waals surface area contributed by atoms with Gasteiger partial charge in [0.05, 0.1) is 17.2 Å². The van der Waals surface area contributed by atoms with Gasteiger partial charge in [-0.25, -0.2) is 4.79 Å². The van der Waals surface area contributed by atoms with E-state index in [2.05, 4.69) is 39.0 Å². The molecule has 7 aromatic rings. The van der Waals surface area contributed by atoms with Gasteiger partial charge < -0.3 is 46.4 Å². The van der Waals surface area contributed by atoms with Crippen LogP contribution in [0.1, 0.15) is 58.4 Å². The molecule has 0 bridgehead atoms. The Bertz CT molecular complexity index is 3090. The number of nitrogens with two attached hydrogens (primary N) is 2. The number of halogens is 2. The molecule has 13 nitrogen and oxygen atoms in total. The molecule has 0 radical (unpaired) electrons. The molecule has 3 amide bonds. The minimum Gasteiger partial charge on any atom is -0.508 e. The van der Waals surface area contributed by atoms with Crippen molar-refractivity contribution >= 4 is 79.8 Å². The van der Waals surface area contributed by atoms with Gasteiger partial charge in [-0.1, -0.05) is 50.2 Å². The van der Waals surface area contributed by atoms with Gasteiger partial charge in [0, 0.05) is 114 Å². The van der Waals surface area contributed by atoms with Crippen molar-refractivity contribution in [2.75, 3.05) is 74.4 Å². The summed E-state index contributed by atoms with van der Waals surface area (Å²) in [5.74, 6) is 2.00. The van der Waals surface area contributed by atoms with Crippen LogP contribution < -0.4 is 31.0 Å². The van der Waals surface area contributed by atoms with Gasteiger partial charge in [-0.15, -0.1) is 23.2 Å². The van der Waals surface area contributed by atoms with Crippen LogP contribution in [0, 0.1) is 20.8 Å². The van der Waals surface area contributed by atoms with Crippen LogP contribution in [0.2, 0.25) is 0 Å². The van der Waals surface area contributed by atoms with Crippen molar-refractivity contribution < 1.29 is 33.9 Å². The van der Waals surface area contributed by atoms with E-state index in [1.807, 2.05) is 113 Å². The molecule has 7 N–H and O–H groups in total. The summed E-state index contributed by atoms with van der Waals surface area (Å²) in [6.45, 7) is 14.0. The van der Waals surface area contributed by atoms with Crippen molar-refractivity contribution in [3.8, 4) is 28.5 Å². The normalized spacial score (nSPS) is 13.7. The second kappa shape index (κ2) is 22.9. The fourth-order valence-electron chi connectivity index (χ4n) is 9.48. The molecule has 0 unspecified atom stereocenters. The smallest absolute Gasteiger partial charge is 0.319 e. The number of carbonyl (C=O) groups excluding carboxylic acids is 3. The second-order valence-corrected chi connectivity index (χ2v) is 19.6. The number of anilines is 3. The highest BCUT2D eigenvalue weighted by molar-refractivity contribution is 6.18. The molecule has 3 heterocycles. The first-order chi connectivity index (χ1) is 34.4. The van der Waals surface area contributed by atoms with Crippen LogP contribution in [0.4, 0.5) is 21.9 Å². The van der Waals surface area contributed by atoms with Gasteiger partial charge in [0.15, 0.2) is 6.54 Å². The maximum Gasteiger partial charge on any atom is 0.319 e. The van der Waals surface area contributed by atoms with Crippen LogP contribution in [0.3, 0.4) is 0 Å². The van der Waals surface area contributed by atoms with Gasteiger partial charge in [-0.05, 0) is 110 Å². The molecule has 0 spiro atoms. The Hall–Kier alpha value is -7.22. The summed E-state index contributed by atoms with van der Waals surface area (Å²) in [6, 6.07) is 37.0. The summed E-state index contributed by atoms with van der Waals surface area (Å²) >= 11 is 11.4. The average molecular weight is 1010 g/mol. The SMILES string of the molecule is CN1CCN(CCNC(=O)c2ccc(C[n+]3c(-c4ccccc4)c4cc(N)ccc4c4ccc(N)cc43)cc2)C1=O.Cc1c(C)c2c(c(C)c1O)C(C)(C)CC(=O)O2.Oc1ccc(N(CCCl)CCCl)cc1. The number of likely N-dealkylation sites (N-methyl/N-ethyl adjacent to an activating group) is 1. The van der Waals surface area contributed by atoms with Gasteiger partial charge in [0.2, 0.25) is 11.2 Å². The number of hydrogen-bond acceptors (Lipinski definition) is 9. The summed E-state index contributed by atoms with van der Waals surface area (Å²) in [6.07, 6.45) is 0.350. The zero-order valence-corrected chi connectivity index (χ0v) is 43.3. The van der Waals surface area contributed by atoms with Gasteiger partial charge in [-0.3, -0.25) is 9.59 Å². The zero-order valence-electron chi connectivity index (χ0n) is 41.8. The van der Waals surface area contributed by atoms with E-state index in [0.717, 1.165) is 79.5 Å². The molecule has 1 fully saturated rings. The lowest BCUT2D eigenvalue weighted by atomic mass is 9.75. The van der Waals surface area contributed by atoms with E-state index in [0.29, 0.717) is 79.3 Å². The highest BCUT2D eigenvalue weighted by Gasteiger charge is 2.38. The Morgan fingerprint density at radius 2 is 1.43 bits per heavy atom. The first kappa shape index (κ1) is 52.6. The number of aromatic nitrogens is 1. The minimum absolute atomic E-state index is 0.00151. The van der Waals surface area contributed by atoms with E-state index in [9.17, 15) is 19.5 Å². The fraction of sp³-hybridized carbons (Fsp3) is 0.298. The first-order valence-corrected chi connectivity index (χ1v) is 25.1. The quantitative estimate of drug-likeness (QED) is 0.0199. The Balaban J connectivity index is 0.000000200. The number of benzene rings is 6. The summed E-state index contributed by atoms with van der Waals surface area (Å²) in [5.41, 5.74) is 22.9. The van der Waals surface area contributed by atoms with Crippen LogP contribution in [0.25, 0.3) is 32.9 Å². The molecule has 6 aromatic carbocycles. The van der Waals surface area contributed by atoms with E-state index in [1.165, 1.54) is 0 Å². The zero-order chi connectivity index (χ0) is 51.9. The van der Waals surface area contributed by atoms with Crippen molar-refractivity contribution in [2.24, 2.45) is 0 Å². The molecule has 0 aliphatic carbocycles. The number of nitrogen functional groups attached to an aromatic ring is 2. The lowest BCUT2D eigenvalue weighted by Crippen LogP contribution is -2.38. The number of phenolic OH excluding ortho intramolecular Hbond substituents is 2. The summed E-state index contributed by atoms with van der Waals surface area (Å²) in [5, 5.41) is 25.4. The second-order valence-electron chi connectivity index (χ2n) is 18.9. The van der Waals surface area contributed by atoms with E-state index >= 15 is 0 Å². The van der Waals surface area contributed by atoms with E-state index in [4.69, 9.17) is 44.5 Å². The predicted molar refractivity (Wildman–Crippen MR) is 291 cm³/mol. The van der Waals surface area contributed by atoms with Crippen LogP contribution in [0.15, 0.2) is 115 Å². The van der Waals surface area contributed by atoms with Crippen LogP contribution >= 0.6 is 23.2 Å². The molecule has 1 saturated heterocycles. The lowest BCUT2D eigenvalue weighted by molar-refractivity contribution is -0.650. The molecular formula is C57H64Cl2N7O6+. The molecule has 2 aliphatic rings. The summed E-state index contributed by atoms with van der Waals surface area (Å²) in [4.78, 5) is 42.0. The number of nitrogens with zero attached hydrogens (tertiary/aromatic N) is 4. The van der Waals surface area contributed by atoms with Crippen LogP contribution in [-0.4, -0.2) is 96.0 Å². The minimum atomic E-state index is -0.287. The monoisotopic (exact) mass is 1010 g/mol. The standard InChI is InChI=1S/C33H32N6O2.C14H18O3.C10H13Cl2NO/c1-37-17-18-38(33(37)41)16-15-36-32(40)24-9-7-22(8-10-24)21-39-30-20-26(35)12-14-28(30)27-13-11-25(34)19-29(27)31(39)23-5-3-2-4-6-23;1-7-8(2)13-11(9(3)12(7)16)14(4,5)6-10(15)17-13;11-5-7-13(8-6-12)9-1-3-10(14)4-2-9/h2-14,19-20,35H,15-18,21,34H2,1H3,(H,36,40);16H,6H2,1-5H3;1-4,14H,5-8H2/p+1. The maximum absolute atomic E-state index is 12.8. The topological polar surface area (TPSA) is 179 Å². The molecule has 72 heavy (non-hydrogen) atoms. The number of fused-ring (bicyclic) bond motifs is 4. The molecule has 15 heteroatoms. The highest BCUT2D eigenvalue weighted by Crippen LogP contribution is 2.47. The number of esters is 1. The van der Waals surface area contributed by atoms with Gasteiger partial charge in [0.1, 0.15) is 17.2 Å². The lowest BCUT2D eigenvalue weighted by Gasteiger charge is -2.34. The molecule has 376 valence electrons. The van der Waals surface area contributed by atoms with Crippen molar-refractivity contribution in [2.45, 2.75) is 53.0 Å². The molecule has 1 aromatic heterocycles. The van der Waals surface area contributed by atoms with E-state index in [-0.39, 0.29) is 29.1 Å². The summed E-state index contributed by atoms with van der Waals surface area (Å²) in [7, 11) is 1.79. The molecule has 0 saturated carbocycles. The third-order valence-electron chi connectivity index (χ3n) is 13.4. The highest BCUT2D eigenvalue weighted by atomic mass is 35.5. The predicted octanol–water partition coefficient (Wildman–Crippen LogP) is 9.84. The van der Waals surface area contributed by atoms with E-state index in [1.54, 1.807) is 29.0 Å². The number of pyridine rings is 1. The Morgan fingerprint density at radius 1 is 0.792 bits per heavy atom. The number of carbonyl (C=O) groups is 3. The number of rotatable bonds is 12. The molecule has 2 aliphatic heterocycles. The van der Waals surface area contributed by atoms with Gasteiger partial charge >= 0.3 is 12.0 Å². The number of amides is 3. The molecular weight excluding hydrogens is 950 g/mol. The Morgan fingerprint density at radius 3 is 2.06 bits per heavy atom. The van der Waals surface area contributed by atoms with Crippen molar-refractivity contribution in [3.05, 3.63) is 149 Å². The van der Waals surface area contributed by atoms with E-state index < -0.39 is 0 Å². The Labute approximate surface area is 431 Å². The number of urea groups is 1. The number of ether oxygens (including phenoxy) is 1. The first-order valence-electron chi connectivity index (χ1n) is 24.0. The molecule has 0 atom stereocenters. The number of phenols is 2.